The Morgan fingerprint density at radius 1 is 1.10 bits per heavy atom. The van der Waals surface area contributed by atoms with Gasteiger partial charge in [0.25, 0.3) is 0 Å². The number of carbonyl (C=O) groups excluding carboxylic acids is 2. The minimum Gasteiger partial charge on any atom is -0.508 e. The SMILES string of the molecule is C=C/C=C(\C=C)CNC(=O)C(c1ccn(Cc2ccccc2)n1)N(C(=O)CCc1ccc(O)cc1)C1CC1.CCC.[HH]. The van der Waals surface area contributed by atoms with E-state index >= 15 is 0 Å². The number of hydrogen-bond donors (Lipinski definition) is 2. The van der Waals surface area contributed by atoms with Crippen molar-refractivity contribution in [3.8, 4) is 5.75 Å². The van der Waals surface area contributed by atoms with Crippen LogP contribution in [0.5, 0.6) is 5.75 Å². The van der Waals surface area contributed by atoms with E-state index in [1.165, 1.54) is 6.42 Å². The summed E-state index contributed by atoms with van der Waals surface area (Å²) < 4.78 is 1.80. The maximum absolute atomic E-state index is 13.7. The van der Waals surface area contributed by atoms with Crippen LogP contribution in [0.1, 0.15) is 63.8 Å². The van der Waals surface area contributed by atoms with Crippen LogP contribution in [0.4, 0.5) is 0 Å². The zero-order valence-corrected chi connectivity index (χ0v) is 24.2. The Bertz CT molecular complexity index is 1310. The van der Waals surface area contributed by atoms with Gasteiger partial charge in [0, 0.05) is 26.6 Å². The summed E-state index contributed by atoms with van der Waals surface area (Å²) in [5.74, 6) is -0.188. The number of hydrogen-bond acceptors (Lipinski definition) is 4. The highest BCUT2D eigenvalue weighted by atomic mass is 16.3. The molecule has 1 fully saturated rings. The molecule has 0 radical (unpaired) electrons. The molecule has 0 spiro atoms. The zero-order chi connectivity index (χ0) is 29.6. The monoisotopic (exact) mass is 556 g/mol. The van der Waals surface area contributed by atoms with Gasteiger partial charge in [0.2, 0.25) is 11.8 Å². The predicted molar refractivity (Wildman–Crippen MR) is 166 cm³/mol. The van der Waals surface area contributed by atoms with E-state index in [1.807, 2.05) is 54.7 Å². The average Bonchev–Trinajstić information content (AvgIpc) is 3.71. The lowest BCUT2D eigenvalue weighted by Gasteiger charge is -2.30. The van der Waals surface area contributed by atoms with Gasteiger partial charge in [-0.1, -0.05) is 94.1 Å². The van der Waals surface area contributed by atoms with Crippen LogP contribution in [0.3, 0.4) is 0 Å². The topological polar surface area (TPSA) is 87.5 Å². The van der Waals surface area contributed by atoms with Crippen molar-refractivity contribution < 1.29 is 16.1 Å². The maximum Gasteiger partial charge on any atom is 0.249 e. The van der Waals surface area contributed by atoms with Gasteiger partial charge in [-0.3, -0.25) is 14.3 Å². The molecule has 1 atom stereocenters. The van der Waals surface area contributed by atoms with Crippen molar-refractivity contribution in [2.24, 2.45) is 0 Å². The smallest absolute Gasteiger partial charge is 0.249 e. The van der Waals surface area contributed by atoms with E-state index < -0.39 is 6.04 Å². The van der Waals surface area contributed by atoms with Crippen LogP contribution in [-0.2, 0) is 22.6 Å². The quantitative estimate of drug-likeness (QED) is 0.239. The van der Waals surface area contributed by atoms with Crippen LogP contribution < -0.4 is 5.32 Å². The van der Waals surface area contributed by atoms with E-state index in [2.05, 4.69) is 32.3 Å². The number of nitrogens with zero attached hydrogens (tertiary/aromatic N) is 3. The lowest BCUT2D eigenvalue weighted by Crippen LogP contribution is -2.45. The lowest BCUT2D eigenvalue weighted by molar-refractivity contribution is -0.141. The number of benzene rings is 2. The number of carbonyl (C=O) groups is 2. The Morgan fingerprint density at radius 2 is 1.78 bits per heavy atom. The van der Waals surface area contributed by atoms with Gasteiger partial charge in [-0.2, -0.15) is 5.10 Å². The Morgan fingerprint density at radius 3 is 2.39 bits per heavy atom. The molecule has 2 amide bonds. The largest absolute Gasteiger partial charge is 0.508 e. The second-order valence-corrected chi connectivity index (χ2v) is 10.1. The molecule has 4 rings (SSSR count). The third kappa shape index (κ3) is 9.64. The Kier molecular flexibility index (Phi) is 12.2. The fraction of sp³-hybridized carbons (Fsp3) is 0.324. The van der Waals surface area contributed by atoms with Crippen molar-refractivity contribution >= 4 is 11.8 Å². The number of nitrogens with one attached hydrogen (secondary N) is 1. The third-order valence-electron chi connectivity index (χ3n) is 6.51. The Hall–Kier alpha value is -4.39. The van der Waals surface area contributed by atoms with E-state index in [9.17, 15) is 14.7 Å². The maximum atomic E-state index is 13.7. The van der Waals surface area contributed by atoms with Crippen LogP contribution in [0, 0.1) is 0 Å². The van der Waals surface area contributed by atoms with Crippen LogP contribution in [0.25, 0.3) is 0 Å². The fourth-order valence-corrected chi connectivity index (χ4v) is 4.38. The van der Waals surface area contributed by atoms with Crippen molar-refractivity contribution in [2.45, 2.75) is 64.6 Å². The Balaban J connectivity index is 0.00000148. The van der Waals surface area contributed by atoms with Gasteiger partial charge in [0.05, 0.1) is 12.2 Å². The van der Waals surface area contributed by atoms with Gasteiger partial charge in [0.15, 0.2) is 6.04 Å². The molecule has 1 unspecified atom stereocenters. The molecule has 7 heteroatoms. The highest BCUT2D eigenvalue weighted by Gasteiger charge is 2.42. The Labute approximate surface area is 245 Å². The summed E-state index contributed by atoms with van der Waals surface area (Å²) in [5.41, 5.74) is 3.40. The fourth-order valence-electron chi connectivity index (χ4n) is 4.38. The molecular formula is C34H44N4O3. The number of phenols is 1. The van der Waals surface area contributed by atoms with Crippen LogP contribution in [-0.4, -0.2) is 44.2 Å². The first-order chi connectivity index (χ1) is 19.9. The standard InChI is InChI=1S/C31H34N4O3.C3H8.H2/c1-3-8-23(4-2)21-32-31(38)30(28-19-20-34(33-28)22-25-9-6-5-7-10-25)35(26-14-15-26)29(37)18-13-24-11-16-27(36)17-12-24;1-3-2;/h3-12,16-17,19-20,26,30,36H,1-2,13-15,18,21-22H2,(H,32,38);3H2,1-2H3;1H/b23-8+;;. The number of aryl methyl sites for hydroxylation is 1. The highest BCUT2D eigenvalue weighted by molar-refractivity contribution is 5.89. The van der Waals surface area contributed by atoms with Crippen LogP contribution >= 0.6 is 0 Å². The second-order valence-electron chi connectivity index (χ2n) is 10.1. The molecule has 1 aliphatic rings. The van der Waals surface area contributed by atoms with E-state index in [4.69, 9.17) is 5.10 Å². The minimum absolute atomic E-state index is 0. The van der Waals surface area contributed by atoms with Gasteiger partial charge in [-0.15, -0.1) is 0 Å². The van der Waals surface area contributed by atoms with Crippen LogP contribution in [0.2, 0.25) is 0 Å². The molecule has 0 saturated heterocycles. The van der Waals surface area contributed by atoms with Gasteiger partial charge in [0.1, 0.15) is 5.75 Å². The first-order valence-corrected chi connectivity index (χ1v) is 14.3. The summed E-state index contributed by atoms with van der Waals surface area (Å²) >= 11 is 0. The molecule has 7 nitrogen and oxygen atoms in total. The van der Waals surface area contributed by atoms with Crippen LogP contribution in [0.15, 0.2) is 104 Å². The van der Waals surface area contributed by atoms with Crippen molar-refractivity contribution in [1.29, 1.82) is 0 Å². The summed E-state index contributed by atoms with van der Waals surface area (Å²) in [7, 11) is 0. The van der Waals surface area contributed by atoms with Gasteiger partial charge in [-0.25, -0.2) is 0 Å². The molecule has 0 aliphatic heterocycles. The molecule has 2 aromatic carbocycles. The van der Waals surface area contributed by atoms with Gasteiger partial charge < -0.3 is 15.3 Å². The number of allylic oxidation sites excluding steroid dienone is 2. The third-order valence-corrected chi connectivity index (χ3v) is 6.51. The van der Waals surface area contributed by atoms with E-state index in [-0.39, 0.29) is 38.0 Å². The highest BCUT2D eigenvalue weighted by Crippen LogP contribution is 2.35. The van der Waals surface area contributed by atoms with Crippen molar-refractivity contribution in [3.05, 3.63) is 121 Å². The number of phenolic OH excluding ortho intramolecular Hbond substituents is 1. The van der Waals surface area contributed by atoms with Crippen molar-refractivity contribution in [3.63, 3.8) is 0 Å². The van der Waals surface area contributed by atoms with E-state index in [0.717, 1.165) is 29.5 Å². The number of aromatic hydroxyl groups is 1. The molecule has 3 aromatic rings. The molecule has 41 heavy (non-hydrogen) atoms. The first kappa shape index (κ1) is 31.1. The first-order valence-electron chi connectivity index (χ1n) is 14.3. The van der Waals surface area contributed by atoms with Crippen molar-refractivity contribution in [2.75, 3.05) is 6.54 Å². The van der Waals surface area contributed by atoms with Gasteiger partial charge >= 0.3 is 0 Å². The van der Waals surface area contributed by atoms with Crippen molar-refractivity contribution in [1.82, 2.24) is 20.0 Å². The summed E-state index contributed by atoms with van der Waals surface area (Å²) in [6.45, 7) is 12.6. The number of rotatable bonds is 13. The molecule has 0 bridgehead atoms. The molecule has 1 aromatic heterocycles. The average molecular weight is 557 g/mol. The minimum atomic E-state index is -0.846. The summed E-state index contributed by atoms with van der Waals surface area (Å²) in [6, 6.07) is 17.8. The summed E-state index contributed by atoms with van der Waals surface area (Å²) in [4.78, 5) is 29.0. The van der Waals surface area contributed by atoms with Gasteiger partial charge in [-0.05, 0) is 54.2 Å². The molecule has 1 saturated carbocycles. The predicted octanol–water partition coefficient (Wildman–Crippen LogP) is 6.38. The molecule has 2 N–H and O–H groups in total. The van der Waals surface area contributed by atoms with E-state index in [0.29, 0.717) is 18.7 Å². The lowest BCUT2D eigenvalue weighted by atomic mass is 10.1. The molecular weight excluding hydrogens is 512 g/mol. The number of amides is 2. The van der Waals surface area contributed by atoms with E-state index in [1.54, 1.807) is 39.9 Å². The zero-order valence-electron chi connectivity index (χ0n) is 24.2. The summed E-state index contributed by atoms with van der Waals surface area (Å²) in [6.07, 6.45) is 10.7. The molecule has 218 valence electrons. The molecule has 1 heterocycles. The second kappa shape index (κ2) is 16.0. The summed E-state index contributed by atoms with van der Waals surface area (Å²) in [5, 5.41) is 17.3. The normalized spacial score (nSPS) is 13.4. The molecule has 1 aliphatic carbocycles. The number of aromatic nitrogens is 2.